The Kier molecular flexibility index (Phi) is 2.78. The van der Waals surface area contributed by atoms with E-state index in [-0.39, 0.29) is 12.5 Å². The average molecular weight is 204 g/mol. The Morgan fingerprint density at radius 2 is 2.07 bits per heavy atom. The van der Waals surface area contributed by atoms with Crippen LogP contribution in [-0.4, -0.2) is 18.8 Å². The first kappa shape index (κ1) is 10.2. The van der Waals surface area contributed by atoms with Gasteiger partial charge in [-0.1, -0.05) is 31.2 Å². The molecule has 0 spiro atoms. The Balaban J connectivity index is 2.50. The lowest BCUT2D eigenvalue weighted by atomic mass is 9.80. The second-order valence-electron chi connectivity index (χ2n) is 3.96. The van der Waals surface area contributed by atoms with Gasteiger partial charge in [0.1, 0.15) is 5.76 Å². The molecule has 1 aliphatic rings. The minimum Gasteiger partial charge on any atom is -0.496 e. The van der Waals surface area contributed by atoms with Crippen LogP contribution in [0, 0.1) is 5.92 Å². The van der Waals surface area contributed by atoms with Crippen molar-refractivity contribution in [1.82, 2.24) is 0 Å². The molecule has 0 bridgehead atoms. The fraction of sp³-hybridized carbons (Fsp3) is 0.385. The van der Waals surface area contributed by atoms with Gasteiger partial charge in [-0.2, -0.15) is 0 Å². The molecule has 0 aliphatic heterocycles. The van der Waals surface area contributed by atoms with Gasteiger partial charge in [-0.15, -0.1) is 0 Å². The minimum absolute atomic E-state index is 0.162. The molecule has 0 aromatic heterocycles. The van der Waals surface area contributed by atoms with E-state index in [9.17, 15) is 5.11 Å². The van der Waals surface area contributed by atoms with Crippen LogP contribution in [0.5, 0.6) is 0 Å². The summed E-state index contributed by atoms with van der Waals surface area (Å²) in [7, 11) is 1.67. The summed E-state index contributed by atoms with van der Waals surface area (Å²) < 4.78 is 5.35. The second-order valence-corrected chi connectivity index (χ2v) is 3.96. The molecule has 2 rings (SSSR count). The normalized spacial score (nSPS) is 24.3. The third-order valence-corrected chi connectivity index (χ3v) is 3.16. The summed E-state index contributed by atoms with van der Waals surface area (Å²) in [6, 6.07) is 8.21. The number of aliphatic hydroxyl groups excluding tert-OH is 1. The molecule has 0 radical (unpaired) electrons. The summed E-state index contributed by atoms with van der Waals surface area (Å²) in [5.41, 5.74) is 2.41. The van der Waals surface area contributed by atoms with Crippen LogP contribution >= 0.6 is 0 Å². The third-order valence-electron chi connectivity index (χ3n) is 3.16. The largest absolute Gasteiger partial charge is 0.496 e. The molecule has 80 valence electrons. The lowest BCUT2D eigenvalue weighted by molar-refractivity contribution is 0.232. The van der Waals surface area contributed by atoms with Gasteiger partial charge in [-0.05, 0) is 17.6 Å². The average Bonchev–Trinajstić information content (AvgIpc) is 2.30. The van der Waals surface area contributed by atoms with Gasteiger partial charge in [-0.3, -0.25) is 0 Å². The van der Waals surface area contributed by atoms with Crippen LogP contribution in [0.1, 0.15) is 24.0 Å². The number of benzene rings is 1. The van der Waals surface area contributed by atoms with Crippen molar-refractivity contribution in [3.05, 3.63) is 41.5 Å². The Morgan fingerprint density at radius 1 is 1.33 bits per heavy atom. The summed E-state index contributed by atoms with van der Waals surface area (Å²) in [6.45, 7) is 2.31. The quantitative estimate of drug-likeness (QED) is 0.801. The predicted octanol–water partition coefficient (Wildman–Crippen LogP) is 2.40. The van der Waals surface area contributed by atoms with Gasteiger partial charge in [0.2, 0.25) is 0 Å². The molecule has 1 aliphatic carbocycles. The zero-order valence-corrected chi connectivity index (χ0v) is 9.10. The van der Waals surface area contributed by atoms with Gasteiger partial charge in [0.25, 0.3) is 0 Å². The summed E-state index contributed by atoms with van der Waals surface area (Å²) in [5.74, 6) is 1.39. The van der Waals surface area contributed by atoms with Gasteiger partial charge in [0, 0.05) is 11.5 Å². The molecule has 15 heavy (non-hydrogen) atoms. The van der Waals surface area contributed by atoms with Crippen LogP contribution in [0.2, 0.25) is 0 Å². The van der Waals surface area contributed by atoms with E-state index in [2.05, 4.69) is 19.1 Å². The number of aliphatic hydroxyl groups is 1. The molecule has 1 N–H and O–H groups in total. The van der Waals surface area contributed by atoms with E-state index < -0.39 is 0 Å². The van der Waals surface area contributed by atoms with E-state index in [0.29, 0.717) is 5.92 Å². The molecule has 0 saturated carbocycles. The molecule has 0 heterocycles. The summed E-state index contributed by atoms with van der Waals surface area (Å²) >= 11 is 0. The number of methoxy groups -OCH3 is 1. The molecule has 1 aromatic carbocycles. The first-order valence-electron chi connectivity index (χ1n) is 5.24. The van der Waals surface area contributed by atoms with E-state index in [1.165, 1.54) is 5.56 Å². The van der Waals surface area contributed by atoms with E-state index in [1.807, 2.05) is 18.2 Å². The molecule has 0 saturated heterocycles. The fourth-order valence-electron chi connectivity index (χ4n) is 2.17. The number of rotatable bonds is 2. The minimum atomic E-state index is 0.162. The number of ether oxygens (including phenoxy) is 1. The monoisotopic (exact) mass is 204 g/mol. The van der Waals surface area contributed by atoms with Crippen molar-refractivity contribution in [2.24, 2.45) is 5.92 Å². The molecular weight excluding hydrogens is 188 g/mol. The Hall–Kier alpha value is -1.28. The van der Waals surface area contributed by atoms with Gasteiger partial charge in [0.05, 0.1) is 13.7 Å². The molecule has 2 heteroatoms. The van der Waals surface area contributed by atoms with Gasteiger partial charge >= 0.3 is 0 Å². The molecule has 2 atom stereocenters. The van der Waals surface area contributed by atoms with Crippen molar-refractivity contribution in [2.75, 3.05) is 13.7 Å². The zero-order valence-electron chi connectivity index (χ0n) is 9.10. The molecular formula is C13H16O2. The van der Waals surface area contributed by atoms with Crippen molar-refractivity contribution >= 4 is 5.76 Å². The Morgan fingerprint density at radius 3 is 2.73 bits per heavy atom. The Labute approximate surface area is 90.2 Å². The first-order chi connectivity index (χ1) is 7.27. The Bertz CT molecular complexity index is 382. The highest BCUT2D eigenvalue weighted by atomic mass is 16.5. The number of hydrogen-bond donors (Lipinski definition) is 1. The predicted molar refractivity (Wildman–Crippen MR) is 60.4 cm³/mol. The SMILES string of the molecule is COC1=CC(CO)C(C)c2ccccc21. The third kappa shape index (κ3) is 1.65. The van der Waals surface area contributed by atoms with Crippen molar-refractivity contribution in [3.8, 4) is 0 Å². The van der Waals surface area contributed by atoms with Crippen LogP contribution in [0.4, 0.5) is 0 Å². The standard InChI is InChI=1S/C13H16O2/c1-9-10(8-14)7-13(15-2)12-6-4-3-5-11(9)12/h3-7,9-10,14H,8H2,1-2H3. The lowest BCUT2D eigenvalue weighted by Gasteiger charge is -2.28. The van der Waals surface area contributed by atoms with Crippen molar-refractivity contribution in [1.29, 1.82) is 0 Å². The van der Waals surface area contributed by atoms with Crippen LogP contribution in [-0.2, 0) is 4.74 Å². The van der Waals surface area contributed by atoms with E-state index in [1.54, 1.807) is 7.11 Å². The first-order valence-corrected chi connectivity index (χ1v) is 5.24. The molecule has 0 fully saturated rings. The topological polar surface area (TPSA) is 29.5 Å². The maximum atomic E-state index is 9.30. The number of fused-ring (bicyclic) bond motifs is 1. The highest BCUT2D eigenvalue weighted by molar-refractivity contribution is 5.66. The van der Waals surface area contributed by atoms with Crippen LogP contribution in [0.25, 0.3) is 5.76 Å². The highest BCUT2D eigenvalue weighted by Crippen LogP contribution is 2.37. The molecule has 1 aromatic rings. The lowest BCUT2D eigenvalue weighted by Crippen LogP contribution is -2.18. The summed E-state index contributed by atoms with van der Waals surface area (Å²) in [6.07, 6.45) is 2.02. The molecule has 2 unspecified atom stereocenters. The second kappa shape index (κ2) is 4.07. The highest BCUT2D eigenvalue weighted by Gasteiger charge is 2.25. The molecule has 0 amide bonds. The number of hydrogen-bond acceptors (Lipinski definition) is 2. The van der Waals surface area contributed by atoms with Crippen molar-refractivity contribution in [2.45, 2.75) is 12.8 Å². The fourth-order valence-corrected chi connectivity index (χ4v) is 2.17. The van der Waals surface area contributed by atoms with E-state index in [4.69, 9.17) is 4.74 Å². The van der Waals surface area contributed by atoms with Gasteiger partial charge in [0.15, 0.2) is 0 Å². The van der Waals surface area contributed by atoms with E-state index >= 15 is 0 Å². The molecule has 2 nitrogen and oxygen atoms in total. The van der Waals surface area contributed by atoms with Gasteiger partial charge < -0.3 is 9.84 Å². The summed E-state index contributed by atoms with van der Waals surface area (Å²) in [4.78, 5) is 0. The maximum absolute atomic E-state index is 9.30. The van der Waals surface area contributed by atoms with Gasteiger partial charge in [-0.25, -0.2) is 0 Å². The van der Waals surface area contributed by atoms with Crippen LogP contribution in [0.3, 0.4) is 0 Å². The van der Waals surface area contributed by atoms with Crippen molar-refractivity contribution < 1.29 is 9.84 Å². The maximum Gasteiger partial charge on any atom is 0.122 e. The summed E-state index contributed by atoms with van der Waals surface area (Å²) in [5, 5.41) is 9.30. The zero-order chi connectivity index (χ0) is 10.8. The smallest absolute Gasteiger partial charge is 0.122 e. The van der Waals surface area contributed by atoms with E-state index in [0.717, 1.165) is 11.3 Å². The van der Waals surface area contributed by atoms with Crippen LogP contribution in [0.15, 0.2) is 30.3 Å². The van der Waals surface area contributed by atoms with Crippen molar-refractivity contribution in [3.63, 3.8) is 0 Å². The van der Waals surface area contributed by atoms with Crippen LogP contribution < -0.4 is 0 Å².